The number of nitrogens with zero attached hydrogens (tertiary/aromatic N) is 1. The molecule has 0 saturated heterocycles. The molecule has 1 aromatic carbocycles. The second kappa shape index (κ2) is 3.77. The highest BCUT2D eigenvalue weighted by Crippen LogP contribution is 2.31. The van der Waals surface area contributed by atoms with Crippen molar-refractivity contribution in [1.82, 2.24) is 9.88 Å². The number of nitrogens with one attached hydrogen (secondary N) is 1. The van der Waals surface area contributed by atoms with Crippen LogP contribution in [0.2, 0.25) is 0 Å². The van der Waals surface area contributed by atoms with Gasteiger partial charge in [-0.3, -0.25) is 0 Å². The molecule has 0 bridgehead atoms. The molecule has 1 N–H and O–H groups in total. The fraction of sp³-hybridized carbons (Fsp3) is 0.429. The van der Waals surface area contributed by atoms with Gasteiger partial charge < -0.3 is 14.6 Å². The van der Waals surface area contributed by atoms with Crippen molar-refractivity contribution < 1.29 is 4.74 Å². The maximum Gasteiger partial charge on any atom is 0.119 e. The van der Waals surface area contributed by atoms with E-state index in [-0.39, 0.29) is 0 Å². The first-order valence-electron chi connectivity index (χ1n) is 6.08. The van der Waals surface area contributed by atoms with Crippen molar-refractivity contribution in [2.45, 2.75) is 25.9 Å². The zero-order chi connectivity index (χ0) is 12.0. The molecule has 0 amide bonds. The number of benzene rings is 1. The van der Waals surface area contributed by atoms with Crippen LogP contribution in [0.1, 0.15) is 18.2 Å². The highest BCUT2D eigenvalue weighted by atomic mass is 16.5. The summed E-state index contributed by atoms with van der Waals surface area (Å²) in [7, 11) is 3.88. The van der Waals surface area contributed by atoms with Crippen molar-refractivity contribution in [3.05, 3.63) is 29.5 Å². The molecule has 1 aliphatic heterocycles. The number of methoxy groups -OCH3 is 1. The third-order valence-corrected chi connectivity index (χ3v) is 3.77. The van der Waals surface area contributed by atoms with Crippen LogP contribution in [-0.4, -0.2) is 17.7 Å². The fourth-order valence-electron chi connectivity index (χ4n) is 2.78. The second-order valence-corrected chi connectivity index (χ2v) is 4.85. The van der Waals surface area contributed by atoms with Gasteiger partial charge in [0, 0.05) is 42.7 Å². The number of aromatic nitrogens is 1. The van der Waals surface area contributed by atoms with Crippen LogP contribution in [0.25, 0.3) is 10.9 Å². The summed E-state index contributed by atoms with van der Waals surface area (Å²) in [6.45, 7) is 3.20. The van der Waals surface area contributed by atoms with Gasteiger partial charge in [0.25, 0.3) is 0 Å². The largest absolute Gasteiger partial charge is 0.497 e. The lowest BCUT2D eigenvalue weighted by molar-refractivity contribution is 0.415. The Balaban J connectivity index is 2.26. The number of aryl methyl sites for hydroxylation is 1. The Morgan fingerprint density at radius 3 is 3.00 bits per heavy atom. The Bertz CT molecular complexity index is 571. The van der Waals surface area contributed by atoms with Gasteiger partial charge in [0.05, 0.1) is 7.11 Å². The summed E-state index contributed by atoms with van der Waals surface area (Å²) >= 11 is 0. The molecule has 1 unspecified atom stereocenters. The predicted molar refractivity (Wildman–Crippen MR) is 69.5 cm³/mol. The van der Waals surface area contributed by atoms with E-state index in [1.807, 2.05) is 6.07 Å². The zero-order valence-corrected chi connectivity index (χ0v) is 10.6. The first kappa shape index (κ1) is 10.7. The van der Waals surface area contributed by atoms with E-state index < -0.39 is 0 Å². The molecule has 2 heterocycles. The zero-order valence-electron chi connectivity index (χ0n) is 10.6. The molecule has 0 fully saturated rings. The summed E-state index contributed by atoms with van der Waals surface area (Å²) in [6, 6.07) is 6.89. The highest BCUT2D eigenvalue weighted by Gasteiger charge is 2.21. The van der Waals surface area contributed by atoms with Crippen molar-refractivity contribution in [2.75, 3.05) is 7.11 Å². The number of rotatable bonds is 1. The van der Waals surface area contributed by atoms with E-state index in [9.17, 15) is 0 Å². The first-order valence-corrected chi connectivity index (χ1v) is 6.08. The van der Waals surface area contributed by atoms with E-state index in [2.05, 4.69) is 36.0 Å². The third kappa shape index (κ3) is 1.53. The Hall–Kier alpha value is -1.48. The monoisotopic (exact) mass is 230 g/mol. The molecule has 0 saturated carbocycles. The molecule has 0 aliphatic carbocycles. The molecule has 1 aromatic heterocycles. The van der Waals surface area contributed by atoms with Crippen LogP contribution in [0, 0.1) is 0 Å². The summed E-state index contributed by atoms with van der Waals surface area (Å²) in [6.07, 6.45) is 1.10. The Morgan fingerprint density at radius 1 is 1.41 bits per heavy atom. The molecule has 3 heteroatoms. The van der Waals surface area contributed by atoms with Crippen LogP contribution >= 0.6 is 0 Å². The Kier molecular flexibility index (Phi) is 2.37. The highest BCUT2D eigenvalue weighted by molar-refractivity contribution is 5.87. The molecule has 0 spiro atoms. The van der Waals surface area contributed by atoms with E-state index in [1.54, 1.807) is 7.11 Å². The van der Waals surface area contributed by atoms with E-state index in [0.29, 0.717) is 6.04 Å². The van der Waals surface area contributed by atoms with Gasteiger partial charge in [-0.25, -0.2) is 0 Å². The van der Waals surface area contributed by atoms with Gasteiger partial charge in [-0.05, 0) is 30.7 Å². The molecule has 2 aromatic rings. The van der Waals surface area contributed by atoms with Crippen molar-refractivity contribution in [2.24, 2.45) is 7.05 Å². The minimum Gasteiger partial charge on any atom is -0.497 e. The molecule has 3 nitrogen and oxygen atoms in total. The van der Waals surface area contributed by atoms with Crippen molar-refractivity contribution in [3.63, 3.8) is 0 Å². The lowest BCUT2D eigenvalue weighted by Crippen LogP contribution is -2.33. The maximum atomic E-state index is 5.31. The molecular weight excluding hydrogens is 212 g/mol. The molecular formula is C14H18N2O. The fourth-order valence-corrected chi connectivity index (χ4v) is 2.78. The van der Waals surface area contributed by atoms with Gasteiger partial charge in [0.15, 0.2) is 0 Å². The normalized spacial score (nSPS) is 19.4. The Labute approximate surface area is 101 Å². The number of fused-ring (bicyclic) bond motifs is 3. The molecule has 1 aliphatic rings. The van der Waals surface area contributed by atoms with Gasteiger partial charge in [0.1, 0.15) is 5.75 Å². The predicted octanol–water partition coefficient (Wildman–Crippen LogP) is 2.22. The summed E-state index contributed by atoms with van der Waals surface area (Å²) in [5, 5.41) is 4.85. The third-order valence-electron chi connectivity index (χ3n) is 3.77. The van der Waals surface area contributed by atoms with E-state index in [0.717, 1.165) is 18.7 Å². The first-order chi connectivity index (χ1) is 8.20. The molecule has 0 radical (unpaired) electrons. The number of hydrogen-bond acceptors (Lipinski definition) is 2. The number of hydrogen-bond donors (Lipinski definition) is 1. The summed E-state index contributed by atoms with van der Waals surface area (Å²) in [5.41, 5.74) is 4.19. The average Bonchev–Trinajstić information content (AvgIpc) is 2.62. The van der Waals surface area contributed by atoms with Gasteiger partial charge in [-0.1, -0.05) is 0 Å². The van der Waals surface area contributed by atoms with Gasteiger partial charge in [-0.15, -0.1) is 0 Å². The molecule has 1 atom stereocenters. The summed E-state index contributed by atoms with van der Waals surface area (Å²) in [4.78, 5) is 0. The Morgan fingerprint density at radius 2 is 2.24 bits per heavy atom. The average molecular weight is 230 g/mol. The van der Waals surface area contributed by atoms with Crippen molar-refractivity contribution in [1.29, 1.82) is 0 Å². The van der Waals surface area contributed by atoms with Crippen molar-refractivity contribution in [3.8, 4) is 5.75 Å². The van der Waals surface area contributed by atoms with Gasteiger partial charge in [0.2, 0.25) is 0 Å². The quantitative estimate of drug-likeness (QED) is 0.813. The van der Waals surface area contributed by atoms with Gasteiger partial charge in [-0.2, -0.15) is 0 Å². The van der Waals surface area contributed by atoms with Crippen LogP contribution < -0.4 is 10.1 Å². The lowest BCUT2D eigenvalue weighted by atomic mass is 10.0. The van der Waals surface area contributed by atoms with Gasteiger partial charge >= 0.3 is 0 Å². The van der Waals surface area contributed by atoms with Crippen LogP contribution in [0.15, 0.2) is 18.2 Å². The maximum absolute atomic E-state index is 5.31. The lowest BCUT2D eigenvalue weighted by Gasteiger charge is -2.21. The topological polar surface area (TPSA) is 26.2 Å². The minimum atomic E-state index is 0.562. The SMILES string of the molecule is COc1ccc2c(c1)c1c(n2C)CC(C)NC1. The molecule has 17 heavy (non-hydrogen) atoms. The summed E-state index contributed by atoms with van der Waals surface area (Å²) < 4.78 is 7.63. The van der Waals surface area contributed by atoms with E-state index in [4.69, 9.17) is 4.74 Å². The minimum absolute atomic E-state index is 0.562. The van der Waals surface area contributed by atoms with E-state index in [1.165, 1.54) is 22.2 Å². The second-order valence-electron chi connectivity index (χ2n) is 4.85. The van der Waals surface area contributed by atoms with Crippen LogP contribution in [-0.2, 0) is 20.0 Å². The smallest absolute Gasteiger partial charge is 0.119 e. The summed E-state index contributed by atoms with van der Waals surface area (Å²) in [5.74, 6) is 0.935. The number of ether oxygens (including phenoxy) is 1. The van der Waals surface area contributed by atoms with Crippen LogP contribution in [0.4, 0.5) is 0 Å². The van der Waals surface area contributed by atoms with Crippen molar-refractivity contribution >= 4 is 10.9 Å². The molecule has 3 rings (SSSR count). The van der Waals surface area contributed by atoms with E-state index >= 15 is 0 Å². The van der Waals surface area contributed by atoms with Crippen LogP contribution in [0.5, 0.6) is 5.75 Å². The van der Waals surface area contributed by atoms with Crippen LogP contribution in [0.3, 0.4) is 0 Å². The standard InChI is InChI=1S/C14H18N2O/c1-9-6-14-12(8-15-9)11-7-10(17-3)4-5-13(11)16(14)2/h4-5,7,9,15H,6,8H2,1-3H3. The molecule has 90 valence electrons.